The molecule has 32 heavy (non-hydrogen) atoms. The van der Waals surface area contributed by atoms with Gasteiger partial charge in [0.2, 0.25) is 0 Å². The Morgan fingerprint density at radius 2 is 0.344 bits per heavy atom. The van der Waals surface area contributed by atoms with Gasteiger partial charge in [0.25, 0.3) is 7.82 Å². The van der Waals surface area contributed by atoms with Gasteiger partial charge in [0.05, 0.1) is 0 Å². The first-order valence-corrected chi connectivity index (χ1v) is 14.0. The summed E-state index contributed by atoms with van der Waals surface area (Å²) in [6.45, 7) is 0. The first kappa shape index (κ1) is 54.6. The summed E-state index contributed by atoms with van der Waals surface area (Å²) in [5.41, 5.74) is 0. The van der Waals surface area contributed by atoms with E-state index in [1.807, 2.05) is 0 Å². The Morgan fingerprint density at radius 1 is 0.344 bits per heavy atom. The fourth-order valence-corrected chi connectivity index (χ4v) is 0. The van der Waals surface area contributed by atoms with Crippen molar-refractivity contribution in [2.75, 3.05) is 0 Å². The maximum absolute atomic E-state index is 8.88. The van der Waals surface area contributed by atoms with Crippen molar-refractivity contribution in [1.29, 1.82) is 0 Å². The van der Waals surface area contributed by atoms with Gasteiger partial charge in [-0.15, -0.1) is 0 Å². The van der Waals surface area contributed by atoms with Crippen LogP contribution in [0.2, 0.25) is 0 Å². The molecular weight excluding hydrogens is 630 g/mol. The number of hydrogen-bond donors (Lipinski definition) is 17. The zero-order valence-electron chi connectivity index (χ0n) is 14.2. The molecule has 0 aromatic heterocycles. The van der Waals surface area contributed by atoms with Crippen LogP contribution in [0.25, 0.3) is 0 Å². The Kier molecular flexibility index (Phi) is 39.5. The van der Waals surface area contributed by atoms with E-state index in [0.29, 0.717) is 0 Å². The second-order valence-corrected chi connectivity index (χ2v) is 9.17. The van der Waals surface area contributed by atoms with Crippen LogP contribution in [0.15, 0.2) is 0 Å². The first-order valence-electron chi connectivity index (χ1n) is 4.68. The average molecular weight is 647 g/mol. The number of phosphoric acid groups is 6. The Balaban J connectivity index is -0.0000000356. The van der Waals surface area contributed by atoms with Crippen LogP contribution >= 0.6 is 46.9 Å². The second kappa shape index (κ2) is 23.1. The Labute approximate surface area is 197 Å². The van der Waals surface area contributed by atoms with Gasteiger partial charge in [-0.05, 0) is 0 Å². The first-order chi connectivity index (χ1) is 12.0. The fourth-order valence-electron chi connectivity index (χ4n) is 0. The van der Waals surface area contributed by atoms with Crippen molar-refractivity contribution in [1.82, 2.24) is 0 Å². The third-order valence-corrected chi connectivity index (χ3v) is 0. The molecule has 0 rings (SSSR count). The van der Waals surface area contributed by atoms with Crippen LogP contribution in [0.3, 0.4) is 0 Å². The Bertz CT molecular complexity index is 467. The van der Waals surface area contributed by atoms with E-state index >= 15 is 0 Å². The maximum atomic E-state index is 8.88. The molecule has 24 nitrogen and oxygen atoms in total. The van der Waals surface area contributed by atoms with E-state index in [1.54, 1.807) is 0 Å². The molecule has 32 heteroatoms. The summed E-state index contributed by atoms with van der Waals surface area (Å²) in [5, 5.41) is 0. The minimum Gasteiger partial charge on any atom is -1.00 e. The predicted octanol–water partition coefficient (Wildman–Crippen LogP) is -9.58. The number of halogens is 1. The molecule has 0 spiro atoms. The van der Waals surface area contributed by atoms with E-state index in [-0.39, 0.29) is 35.5 Å². The van der Waals surface area contributed by atoms with Crippen LogP contribution in [-0.2, 0) is 27.4 Å². The Morgan fingerprint density at radius 3 is 0.344 bits per heavy atom. The van der Waals surface area contributed by atoms with Gasteiger partial charge in [0.1, 0.15) is 0 Å². The largest absolute Gasteiger partial charge is 2.00 e. The molecule has 0 unspecified atom stereocenters. The maximum Gasteiger partial charge on any atom is 2.00 e. The van der Waals surface area contributed by atoms with Crippen LogP contribution in [0, 0.1) is 0 Å². The van der Waals surface area contributed by atoms with E-state index in [9.17, 15) is 0 Å². The standard InChI is InChI=1S/ClH.Mg.6H3O4P/c;;6*1-5(2,3)4/h1H;;6*(H3,1,2,3,4)/q;+2;;;;;;/p-2. The molecule has 17 N–H and O–H groups in total. The second-order valence-electron chi connectivity index (χ2n) is 3.06. The van der Waals surface area contributed by atoms with E-state index in [0.717, 1.165) is 0 Å². The molecule has 0 fully saturated rings. The summed E-state index contributed by atoms with van der Waals surface area (Å²) in [4.78, 5) is 131. The van der Waals surface area contributed by atoms with Gasteiger partial charge in [-0.2, -0.15) is 0 Å². The van der Waals surface area contributed by atoms with E-state index in [4.69, 9.17) is 115 Å². The SMILES string of the molecule is O=P(O)(O)O.O=P(O)(O)O.O=P(O)(O)O.O=P(O)(O)O.O=P(O)(O)O.O=P([O-])(O)O.[Cl-].[Mg+2]. The van der Waals surface area contributed by atoms with Crippen molar-refractivity contribution >= 4 is 70.0 Å². The molecule has 0 saturated carbocycles. The molecule has 0 aliphatic rings. The minimum atomic E-state index is -4.89. The molecule has 0 heterocycles. The normalized spacial score (nSPS) is 11.1. The van der Waals surface area contributed by atoms with Gasteiger partial charge < -0.3 is 100 Å². The predicted molar refractivity (Wildman–Crippen MR) is 89.1 cm³/mol. The molecule has 0 atom stereocenters. The van der Waals surface area contributed by atoms with Crippen LogP contribution in [0.1, 0.15) is 0 Å². The van der Waals surface area contributed by atoms with Crippen LogP contribution in [0.4, 0.5) is 0 Å². The van der Waals surface area contributed by atoms with E-state index in [1.165, 1.54) is 0 Å². The smallest absolute Gasteiger partial charge is 1.00 e. The Hall–Kier alpha value is 1.72. The van der Waals surface area contributed by atoms with Gasteiger partial charge in [0.15, 0.2) is 0 Å². The molecule has 0 bridgehead atoms. The van der Waals surface area contributed by atoms with Gasteiger partial charge in [0, 0.05) is 0 Å². The molecule has 0 radical (unpaired) electrons. The number of rotatable bonds is 0. The summed E-state index contributed by atoms with van der Waals surface area (Å²) in [7, 11) is -28.1. The average Bonchev–Trinajstić information content (AvgIpc) is 1.94. The van der Waals surface area contributed by atoms with Crippen molar-refractivity contribution in [3.8, 4) is 0 Å². The van der Waals surface area contributed by atoms with Crippen molar-refractivity contribution in [3.63, 3.8) is 0 Å². The van der Waals surface area contributed by atoms with E-state index in [2.05, 4.69) is 0 Å². The third-order valence-electron chi connectivity index (χ3n) is 0. The van der Waals surface area contributed by atoms with Crippen LogP contribution in [-0.4, -0.2) is 106 Å². The van der Waals surface area contributed by atoms with Gasteiger partial charge in [-0.1, -0.05) is 0 Å². The van der Waals surface area contributed by atoms with Crippen LogP contribution in [0.5, 0.6) is 0 Å². The monoisotopic (exact) mass is 646 g/mol. The molecule has 0 aliphatic carbocycles. The van der Waals surface area contributed by atoms with Crippen molar-refractivity contribution < 1.29 is 128 Å². The molecule has 0 aromatic carbocycles. The molecular formula is H17ClMgO24P6. The van der Waals surface area contributed by atoms with E-state index < -0.39 is 46.9 Å². The summed E-state index contributed by atoms with van der Waals surface area (Å²) < 4.78 is 53.2. The quantitative estimate of drug-likeness (QED) is 0.0857. The summed E-state index contributed by atoms with van der Waals surface area (Å²) in [6, 6.07) is 0. The van der Waals surface area contributed by atoms with Gasteiger partial charge in [-0.3, -0.25) is 4.57 Å². The van der Waals surface area contributed by atoms with Gasteiger partial charge in [-0.25, -0.2) is 22.8 Å². The third kappa shape index (κ3) is 10200. The van der Waals surface area contributed by atoms with Crippen molar-refractivity contribution in [3.05, 3.63) is 0 Å². The zero-order valence-corrected chi connectivity index (χ0v) is 21.8. The molecule has 200 valence electrons. The van der Waals surface area contributed by atoms with Crippen molar-refractivity contribution in [2.45, 2.75) is 0 Å². The number of hydrogen-bond acceptors (Lipinski definition) is 7. The topological polar surface area (TPSA) is 469 Å². The molecule has 0 saturated heterocycles. The molecule has 0 amide bonds. The summed E-state index contributed by atoms with van der Waals surface area (Å²) in [5.74, 6) is 0. The molecule has 0 aliphatic heterocycles. The summed E-state index contributed by atoms with van der Waals surface area (Å²) in [6.07, 6.45) is 0. The zero-order chi connectivity index (χ0) is 27.0. The fraction of sp³-hybridized carbons (Fsp3) is 0. The van der Waals surface area contributed by atoms with Crippen molar-refractivity contribution in [2.24, 2.45) is 0 Å². The molecule has 0 aromatic rings. The summed E-state index contributed by atoms with van der Waals surface area (Å²) >= 11 is 0. The van der Waals surface area contributed by atoms with Gasteiger partial charge >= 0.3 is 62.2 Å². The van der Waals surface area contributed by atoms with Crippen LogP contribution < -0.4 is 17.3 Å². The minimum absolute atomic E-state index is 0.